The topological polar surface area (TPSA) is 86.3 Å². The van der Waals surface area contributed by atoms with Crippen molar-refractivity contribution in [1.29, 1.82) is 0 Å². The van der Waals surface area contributed by atoms with Gasteiger partial charge in [0.05, 0.1) is 20.6 Å². The van der Waals surface area contributed by atoms with Crippen molar-refractivity contribution in [3.63, 3.8) is 0 Å². The predicted octanol–water partition coefficient (Wildman–Crippen LogP) is 4.93. The molecule has 1 aliphatic rings. The lowest BCUT2D eigenvalue weighted by molar-refractivity contribution is -0.140. The molecule has 0 bridgehead atoms. The molecule has 1 atom stereocenters. The van der Waals surface area contributed by atoms with Crippen LogP contribution in [0.4, 0.5) is 0 Å². The third-order valence-electron chi connectivity index (χ3n) is 7.17. The van der Waals surface area contributed by atoms with Gasteiger partial charge in [0.15, 0.2) is 23.0 Å². The Morgan fingerprint density at radius 3 is 2.14 bits per heavy atom. The number of amides is 2. The minimum atomic E-state index is -0.755. The standard InChI is InChI=1S/C34H34N2O6/c1-39-29-15-13-26(18-31(29)40-2)20-33(37)36(22-25-11-7-4-8-12-25)28(17-24-9-5-3-6-10-24)34(38)35-21-27-14-16-30-32(19-27)42-23-41-30/h3-16,18-19,28H,17,20-23H2,1-2H3,(H,35,38)/t28-/m0/s1. The molecule has 2 amide bonds. The summed E-state index contributed by atoms with van der Waals surface area (Å²) < 4.78 is 21.7. The number of nitrogens with zero attached hydrogens (tertiary/aromatic N) is 1. The summed E-state index contributed by atoms with van der Waals surface area (Å²) in [7, 11) is 3.13. The minimum absolute atomic E-state index is 0.0912. The Morgan fingerprint density at radius 1 is 0.762 bits per heavy atom. The van der Waals surface area contributed by atoms with Crippen LogP contribution in [0.1, 0.15) is 22.3 Å². The molecule has 0 aliphatic carbocycles. The monoisotopic (exact) mass is 566 g/mol. The van der Waals surface area contributed by atoms with Crippen LogP contribution in [0.3, 0.4) is 0 Å². The van der Waals surface area contributed by atoms with E-state index >= 15 is 0 Å². The van der Waals surface area contributed by atoms with E-state index in [4.69, 9.17) is 18.9 Å². The van der Waals surface area contributed by atoms with Crippen molar-refractivity contribution in [1.82, 2.24) is 10.2 Å². The molecule has 1 N–H and O–H groups in total. The van der Waals surface area contributed by atoms with Gasteiger partial charge in [0.2, 0.25) is 18.6 Å². The summed E-state index contributed by atoms with van der Waals surface area (Å²) in [4.78, 5) is 29.7. The molecule has 1 aliphatic heterocycles. The molecule has 4 aromatic carbocycles. The van der Waals surface area contributed by atoms with E-state index in [2.05, 4.69) is 5.32 Å². The SMILES string of the molecule is COc1ccc(CC(=O)N(Cc2ccccc2)[C@@H](Cc2ccccc2)C(=O)NCc2ccc3c(c2)OCO3)cc1OC. The quantitative estimate of drug-likeness (QED) is 0.262. The molecule has 0 saturated carbocycles. The van der Waals surface area contributed by atoms with Gasteiger partial charge in [-0.1, -0.05) is 72.8 Å². The first-order chi connectivity index (χ1) is 20.5. The van der Waals surface area contributed by atoms with Gasteiger partial charge in [-0.05, 0) is 46.5 Å². The largest absolute Gasteiger partial charge is 0.493 e. The summed E-state index contributed by atoms with van der Waals surface area (Å²) in [5.74, 6) is 2.04. The highest BCUT2D eigenvalue weighted by Gasteiger charge is 2.30. The molecule has 0 spiro atoms. The number of carbonyl (C=O) groups is 2. The second-order valence-electron chi connectivity index (χ2n) is 9.98. The average Bonchev–Trinajstić information content (AvgIpc) is 3.50. The van der Waals surface area contributed by atoms with Crippen molar-refractivity contribution in [2.75, 3.05) is 21.0 Å². The van der Waals surface area contributed by atoms with Gasteiger partial charge < -0.3 is 29.2 Å². The van der Waals surface area contributed by atoms with Crippen LogP contribution in [0.5, 0.6) is 23.0 Å². The smallest absolute Gasteiger partial charge is 0.243 e. The van der Waals surface area contributed by atoms with Crippen molar-refractivity contribution < 1.29 is 28.5 Å². The van der Waals surface area contributed by atoms with E-state index in [0.717, 1.165) is 22.3 Å². The molecule has 1 heterocycles. The Kier molecular flexibility index (Phi) is 9.23. The zero-order valence-corrected chi connectivity index (χ0v) is 23.7. The number of rotatable bonds is 12. The second kappa shape index (κ2) is 13.6. The van der Waals surface area contributed by atoms with E-state index in [9.17, 15) is 9.59 Å². The highest BCUT2D eigenvalue weighted by molar-refractivity contribution is 5.89. The van der Waals surface area contributed by atoms with Crippen molar-refractivity contribution in [2.45, 2.75) is 32.0 Å². The van der Waals surface area contributed by atoms with Crippen LogP contribution >= 0.6 is 0 Å². The van der Waals surface area contributed by atoms with Gasteiger partial charge in [-0.25, -0.2) is 0 Å². The van der Waals surface area contributed by atoms with Gasteiger partial charge in [0.1, 0.15) is 6.04 Å². The molecule has 4 aromatic rings. The Labute approximate surface area is 245 Å². The van der Waals surface area contributed by atoms with Crippen molar-refractivity contribution in [3.8, 4) is 23.0 Å². The zero-order chi connectivity index (χ0) is 29.3. The summed E-state index contributed by atoms with van der Waals surface area (Å²) in [5.41, 5.74) is 3.52. The van der Waals surface area contributed by atoms with Crippen LogP contribution in [0.15, 0.2) is 97.1 Å². The number of benzene rings is 4. The second-order valence-corrected chi connectivity index (χ2v) is 9.98. The Bertz CT molecular complexity index is 1510. The Hall–Kier alpha value is -4.98. The molecule has 0 saturated heterocycles. The molecule has 0 fully saturated rings. The Balaban J connectivity index is 1.43. The lowest BCUT2D eigenvalue weighted by Gasteiger charge is -2.32. The fourth-order valence-electron chi connectivity index (χ4n) is 4.96. The van der Waals surface area contributed by atoms with E-state index in [1.165, 1.54) is 0 Å². The van der Waals surface area contributed by atoms with Gasteiger partial charge in [0, 0.05) is 19.5 Å². The summed E-state index contributed by atoms with van der Waals surface area (Å²) in [6.45, 7) is 0.743. The molecule has 42 heavy (non-hydrogen) atoms. The fraction of sp³-hybridized carbons (Fsp3) is 0.235. The average molecular weight is 567 g/mol. The van der Waals surface area contributed by atoms with Crippen molar-refractivity contribution >= 4 is 11.8 Å². The molecular weight excluding hydrogens is 532 g/mol. The zero-order valence-electron chi connectivity index (χ0n) is 23.7. The van der Waals surface area contributed by atoms with Crippen molar-refractivity contribution in [3.05, 3.63) is 119 Å². The molecular formula is C34H34N2O6. The highest BCUT2D eigenvalue weighted by Crippen LogP contribution is 2.32. The molecule has 0 aromatic heterocycles. The highest BCUT2D eigenvalue weighted by atomic mass is 16.7. The van der Waals surface area contributed by atoms with E-state index in [0.29, 0.717) is 29.4 Å². The summed E-state index contributed by atoms with van der Waals surface area (Å²) in [6, 6.07) is 29.7. The van der Waals surface area contributed by atoms with E-state index in [-0.39, 0.29) is 38.1 Å². The molecule has 0 unspecified atom stereocenters. The number of nitrogens with one attached hydrogen (secondary N) is 1. The van der Waals surface area contributed by atoms with E-state index in [1.54, 1.807) is 31.3 Å². The van der Waals surface area contributed by atoms with Crippen LogP contribution < -0.4 is 24.3 Å². The molecule has 0 radical (unpaired) electrons. The van der Waals surface area contributed by atoms with Gasteiger partial charge in [-0.2, -0.15) is 0 Å². The first-order valence-electron chi connectivity index (χ1n) is 13.8. The molecule has 216 valence electrons. The van der Waals surface area contributed by atoms with Crippen LogP contribution in [-0.4, -0.2) is 43.8 Å². The maximum Gasteiger partial charge on any atom is 0.243 e. The van der Waals surface area contributed by atoms with Gasteiger partial charge in [0.25, 0.3) is 0 Å². The van der Waals surface area contributed by atoms with Crippen LogP contribution in [0, 0.1) is 0 Å². The number of hydrogen-bond acceptors (Lipinski definition) is 6. The fourth-order valence-corrected chi connectivity index (χ4v) is 4.96. The van der Waals surface area contributed by atoms with Crippen molar-refractivity contribution in [2.24, 2.45) is 0 Å². The summed E-state index contributed by atoms with van der Waals surface area (Å²) in [5, 5.41) is 3.06. The number of fused-ring (bicyclic) bond motifs is 1. The lowest BCUT2D eigenvalue weighted by Crippen LogP contribution is -2.50. The number of hydrogen-bond donors (Lipinski definition) is 1. The third-order valence-corrected chi connectivity index (χ3v) is 7.17. The van der Waals surface area contributed by atoms with Gasteiger partial charge in [-0.3, -0.25) is 9.59 Å². The molecule has 8 nitrogen and oxygen atoms in total. The molecule has 8 heteroatoms. The Morgan fingerprint density at radius 2 is 1.43 bits per heavy atom. The lowest BCUT2D eigenvalue weighted by atomic mass is 10.0. The van der Waals surface area contributed by atoms with Crippen LogP contribution in [0.25, 0.3) is 0 Å². The maximum absolute atomic E-state index is 14.1. The third kappa shape index (κ3) is 7.01. The first kappa shape index (κ1) is 28.5. The maximum atomic E-state index is 14.1. The normalized spacial score (nSPS) is 12.3. The van der Waals surface area contributed by atoms with E-state index < -0.39 is 6.04 Å². The molecule has 5 rings (SSSR count). The van der Waals surface area contributed by atoms with Gasteiger partial charge >= 0.3 is 0 Å². The summed E-state index contributed by atoms with van der Waals surface area (Å²) >= 11 is 0. The predicted molar refractivity (Wildman–Crippen MR) is 159 cm³/mol. The first-order valence-corrected chi connectivity index (χ1v) is 13.8. The number of carbonyl (C=O) groups excluding carboxylic acids is 2. The van der Waals surface area contributed by atoms with Crippen LogP contribution in [0.2, 0.25) is 0 Å². The minimum Gasteiger partial charge on any atom is -0.493 e. The van der Waals surface area contributed by atoms with Crippen LogP contribution in [-0.2, 0) is 35.5 Å². The number of methoxy groups -OCH3 is 2. The van der Waals surface area contributed by atoms with Gasteiger partial charge in [-0.15, -0.1) is 0 Å². The van der Waals surface area contributed by atoms with E-state index in [1.807, 2.05) is 84.9 Å². The number of ether oxygens (including phenoxy) is 4. The summed E-state index contributed by atoms with van der Waals surface area (Å²) in [6.07, 6.45) is 0.451.